The lowest BCUT2D eigenvalue weighted by atomic mass is 9.81. The molecule has 11 nitrogen and oxygen atoms in total. The highest BCUT2D eigenvalue weighted by molar-refractivity contribution is 7.99. The van der Waals surface area contributed by atoms with Gasteiger partial charge in [-0.1, -0.05) is 227 Å². The third-order valence-electron chi connectivity index (χ3n) is 15.9. The molecule has 12 heteroatoms. The Morgan fingerprint density at radius 2 is 0.911 bits per heavy atom. The van der Waals surface area contributed by atoms with E-state index in [2.05, 4.69) is 43.6 Å². The molecule has 470 valence electrons. The number of alkyl carbamates (subject to hydrolysis) is 1. The Morgan fingerprint density at radius 1 is 0.443 bits per heavy atom. The molecule has 0 aliphatic heterocycles. The first-order valence-electron chi connectivity index (χ1n) is 33.7. The second-order valence-electron chi connectivity index (χ2n) is 24.9. The fourth-order valence-electron chi connectivity index (χ4n) is 10.4. The topological polar surface area (TPSA) is 147 Å². The Morgan fingerprint density at radius 3 is 1.47 bits per heavy atom. The summed E-state index contributed by atoms with van der Waals surface area (Å²) >= 11 is 1.84. The summed E-state index contributed by atoms with van der Waals surface area (Å²) in [7, 11) is 0. The van der Waals surface area contributed by atoms with Crippen molar-refractivity contribution in [2.45, 2.75) is 323 Å². The fourth-order valence-corrected chi connectivity index (χ4v) is 11.4. The van der Waals surface area contributed by atoms with E-state index in [4.69, 9.17) is 18.9 Å². The lowest BCUT2D eigenvalue weighted by Gasteiger charge is -2.30. The van der Waals surface area contributed by atoms with Crippen LogP contribution in [0.2, 0.25) is 0 Å². The Kier molecular flexibility index (Phi) is 55.7. The molecule has 3 N–H and O–H groups in total. The molecular formula is C67H132N3O8S-. The van der Waals surface area contributed by atoms with Crippen molar-refractivity contribution in [3.63, 3.8) is 0 Å². The van der Waals surface area contributed by atoms with Gasteiger partial charge in [0.05, 0.1) is 31.0 Å². The maximum atomic E-state index is 12.6. The Bertz CT molecular complexity index is 1340. The molecule has 3 amide bonds. The highest BCUT2D eigenvalue weighted by atomic mass is 32.2. The molecule has 3 atom stereocenters. The highest BCUT2D eigenvalue weighted by Gasteiger charge is 2.24. The van der Waals surface area contributed by atoms with Crippen molar-refractivity contribution in [1.29, 1.82) is 0 Å². The number of hydrogen-bond donors (Lipinski definition) is 3. The molecule has 0 rings (SSSR count). The number of amides is 3. The van der Waals surface area contributed by atoms with Crippen molar-refractivity contribution in [3.8, 4) is 0 Å². The first-order valence-corrected chi connectivity index (χ1v) is 34.9. The smallest absolute Gasteiger partial charge is 0.407 e. The standard InChI is InChI=1S/C67H132N3O8S/c1-9-12-15-17-19-21-23-25-26-28-30-32-34-37-42-62(61(43-40-52-71)41-36-33-31-29-27-24-22-20-18-16-13-10-2)59-75-58-60(4)45-53-76-65(74)70-49-39-35-38-44-63(72)68-50-47-66(5,6)77-54-48-67(7,8)78-55-51-69-64(73)46-57-79-56-14-11-3/h60-62H,9-59H2,1-8H3,(H,68,72)(H,69,73)(H,70,74)/q-1. The third kappa shape index (κ3) is 55.4. The molecule has 0 saturated heterocycles. The van der Waals surface area contributed by atoms with Crippen LogP contribution < -0.4 is 21.1 Å². The molecular weight excluding hydrogens is 1010 g/mol. The van der Waals surface area contributed by atoms with Crippen LogP contribution in [0.25, 0.3) is 0 Å². The van der Waals surface area contributed by atoms with Gasteiger partial charge in [0.2, 0.25) is 11.8 Å². The summed E-state index contributed by atoms with van der Waals surface area (Å²) in [6.07, 6.45) is 47.3. The van der Waals surface area contributed by atoms with E-state index in [1.807, 2.05) is 39.5 Å². The van der Waals surface area contributed by atoms with Crippen LogP contribution in [0.3, 0.4) is 0 Å². The van der Waals surface area contributed by atoms with Crippen LogP contribution in [-0.2, 0) is 28.5 Å². The Hall–Kier alpha value is -1.60. The van der Waals surface area contributed by atoms with Crippen LogP contribution in [0, 0.1) is 17.8 Å². The van der Waals surface area contributed by atoms with Gasteiger partial charge in [-0.3, -0.25) is 9.59 Å². The fraction of sp³-hybridized carbons (Fsp3) is 0.955. The zero-order chi connectivity index (χ0) is 58.2. The molecule has 0 fully saturated rings. The van der Waals surface area contributed by atoms with Crippen LogP contribution in [0.5, 0.6) is 0 Å². The van der Waals surface area contributed by atoms with Gasteiger partial charge >= 0.3 is 6.09 Å². The molecule has 79 heavy (non-hydrogen) atoms. The number of carbonyl (C=O) groups excluding carboxylic acids is 3. The molecule has 0 spiro atoms. The van der Waals surface area contributed by atoms with Gasteiger partial charge in [0.25, 0.3) is 0 Å². The van der Waals surface area contributed by atoms with E-state index >= 15 is 0 Å². The summed E-state index contributed by atoms with van der Waals surface area (Å²) in [6.45, 7) is 21.5. The van der Waals surface area contributed by atoms with Gasteiger partial charge in [0, 0.05) is 51.4 Å². The SMILES string of the molecule is CCCCCCCCCCCCCCCCC(COCC(C)CCOC(=O)NCCCCCC(=O)NCCC(C)(C)OCCC(C)(C)OCCNC(=O)CCSCCCC)C(CCC[O-])CCCCCCCCCCCCCC. The summed E-state index contributed by atoms with van der Waals surface area (Å²) in [6, 6.07) is 0. The molecule has 0 aromatic carbocycles. The molecule has 0 aromatic rings. The summed E-state index contributed by atoms with van der Waals surface area (Å²) < 4.78 is 24.3. The molecule has 0 saturated carbocycles. The number of nitrogens with one attached hydrogen (secondary N) is 3. The number of rotatable bonds is 62. The van der Waals surface area contributed by atoms with Crippen LogP contribution in [0.4, 0.5) is 4.79 Å². The van der Waals surface area contributed by atoms with Crippen molar-refractivity contribution in [2.75, 3.05) is 70.8 Å². The van der Waals surface area contributed by atoms with Gasteiger partial charge in [0.1, 0.15) is 0 Å². The largest absolute Gasteiger partial charge is 0.854 e. The number of ether oxygens (including phenoxy) is 4. The van der Waals surface area contributed by atoms with E-state index < -0.39 is 0 Å². The van der Waals surface area contributed by atoms with E-state index in [-0.39, 0.29) is 41.6 Å². The zero-order valence-electron chi connectivity index (χ0n) is 53.5. The minimum atomic E-state index is -0.387. The average Bonchev–Trinajstić information content (AvgIpc) is 3.41. The molecule has 0 heterocycles. The lowest BCUT2D eigenvalue weighted by Crippen LogP contribution is -2.36. The quantitative estimate of drug-likeness (QED) is 0.0506. The van der Waals surface area contributed by atoms with Crippen molar-refractivity contribution in [2.24, 2.45) is 17.8 Å². The lowest BCUT2D eigenvalue weighted by molar-refractivity contribution is -0.368. The van der Waals surface area contributed by atoms with E-state index in [0.717, 1.165) is 63.1 Å². The van der Waals surface area contributed by atoms with E-state index in [1.54, 1.807) is 0 Å². The normalized spacial score (nSPS) is 13.1. The van der Waals surface area contributed by atoms with E-state index in [1.165, 1.54) is 193 Å². The average molecular weight is 1140 g/mol. The van der Waals surface area contributed by atoms with Gasteiger partial charge in [-0.25, -0.2) is 4.79 Å². The zero-order valence-corrected chi connectivity index (χ0v) is 54.3. The Balaban J connectivity index is 4.49. The molecule has 3 unspecified atom stereocenters. The maximum Gasteiger partial charge on any atom is 0.407 e. The van der Waals surface area contributed by atoms with E-state index in [9.17, 15) is 19.5 Å². The third-order valence-corrected chi connectivity index (χ3v) is 17.0. The summed E-state index contributed by atoms with van der Waals surface area (Å²) in [5.74, 6) is 3.43. The van der Waals surface area contributed by atoms with Crippen LogP contribution >= 0.6 is 11.8 Å². The summed E-state index contributed by atoms with van der Waals surface area (Å²) in [4.78, 5) is 37.1. The van der Waals surface area contributed by atoms with Crippen LogP contribution in [0.15, 0.2) is 0 Å². The molecule has 0 aliphatic carbocycles. The number of hydrogen-bond acceptors (Lipinski definition) is 9. The second-order valence-corrected chi connectivity index (χ2v) is 26.1. The molecule has 0 bridgehead atoms. The molecule has 0 radical (unpaired) electrons. The van der Waals surface area contributed by atoms with E-state index in [0.29, 0.717) is 77.2 Å². The van der Waals surface area contributed by atoms with Crippen LogP contribution in [-0.4, -0.2) is 99.9 Å². The minimum absolute atomic E-state index is 0.0184. The molecule has 0 aliphatic rings. The van der Waals surface area contributed by atoms with Gasteiger partial charge in [-0.05, 0) is 96.1 Å². The highest BCUT2D eigenvalue weighted by Crippen LogP contribution is 2.30. The summed E-state index contributed by atoms with van der Waals surface area (Å²) in [5.41, 5.74) is -0.760. The number of carbonyl (C=O) groups is 3. The van der Waals surface area contributed by atoms with Crippen molar-refractivity contribution in [1.82, 2.24) is 16.0 Å². The minimum Gasteiger partial charge on any atom is -0.854 e. The van der Waals surface area contributed by atoms with Crippen molar-refractivity contribution in [3.05, 3.63) is 0 Å². The Labute approximate surface area is 493 Å². The van der Waals surface area contributed by atoms with Gasteiger partial charge in [-0.15, -0.1) is 6.61 Å². The van der Waals surface area contributed by atoms with Gasteiger partial charge in [-0.2, -0.15) is 11.8 Å². The van der Waals surface area contributed by atoms with Crippen molar-refractivity contribution >= 4 is 29.7 Å². The second kappa shape index (κ2) is 56.9. The maximum absolute atomic E-state index is 12.6. The predicted octanol–water partition coefficient (Wildman–Crippen LogP) is 17.2. The molecule has 0 aromatic heterocycles. The van der Waals surface area contributed by atoms with Crippen molar-refractivity contribution < 1.29 is 38.4 Å². The summed E-state index contributed by atoms with van der Waals surface area (Å²) in [5, 5.41) is 20.6. The monoisotopic (exact) mass is 1140 g/mol. The van der Waals surface area contributed by atoms with Crippen LogP contribution in [0.1, 0.15) is 312 Å². The number of thioether (sulfide) groups is 1. The van der Waals surface area contributed by atoms with Gasteiger partial charge < -0.3 is 40.0 Å². The number of unbranched alkanes of at least 4 members (excludes halogenated alkanes) is 27. The first-order chi connectivity index (χ1) is 38.3. The first kappa shape index (κ1) is 77.4. The predicted molar refractivity (Wildman–Crippen MR) is 336 cm³/mol. The van der Waals surface area contributed by atoms with Gasteiger partial charge in [0.15, 0.2) is 0 Å².